The Bertz CT molecular complexity index is 971. The molecule has 2 aliphatic rings. The zero-order valence-electron chi connectivity index (χ0n) is 17.4. The van der Waals surface area contributed by atoms with Crippen LogP contribution >= 0.6 is 0 Å². The predicted octanol–water partition coefficient (Wildman–Crippen LogP) is 3.72. The van der Waals surface area contributed by atoms with Gasteiger partial charge in [0.1, 0.15) is 4.90 Å². The maximum Gasteiger partial charge on any atom is 0.242 e. The van der Waals surface area contributed by atoms with Crippen LogP contribution < -0.4 is 4.72 Å². The molecule has 0 radical (unpaired) electrons. The van der Waals surface area contributed by atoms with Crippen LogP contribution in [0.1, 0.15) is 51.4 Å². The van der Waals surface area contributed by atoms with E-state index in [-0.39, 0.29) is 16.7 Å². The van der Waals surface area contributed by atoms with Crippen molar-refractivity contribution in [2.24, 2.45) is 11.8 Å². The number of carbonyl (C=O) groups excluding carboxylic acids is 1. The molecule has 1 saturated carbocycles. The van der Waals surface area contributed by atoms with Crippen LogP contribution in [0.4, 0.5) is 0 Å². The van der Waals surface area contributed by atoms with Crippen LogP contribution in [0.25, 0.3) is 10.9 Å². The molecule has 0 atom stereocenters. The first kappa shape index (κ1) is 21.2. The van der Waals surface area contributed by atoms with Crippen LogP contribution in [0.2, 0.25) is 0 Å². The van der Waals surface area contributed by atoms with Gasteiger partial charge in [-0.2, -0.15) is 0 Å². The fourth-order valence-corrected chi connectivity index (χ4v) is 6.05. The first-order valence-electron chi connectivity index (χ1n) is 11.2. The summed E-state index contributed by atoms with van der Waals surface area (Å²) >= 11 is 0. The van der Waals surface area contributed by atoms with Gasteiger partial charge in [0.05, 0.1) is 5.52 Å². The molecule has 0 unspecified atom stereocenters. The van der Waals surface area contributed by atoms with Gasteiger partial charge < -0.3 is 4.90 Å². The van der Waals surface area contributed by atoms with Crippen molar-refractivity contribution < 1.29 is 13.2 Å². The third-order valence-corrected chi connectivity index (χ3v) is 8.02. The molecule has 1 saturated heterocycles. The fourth-order valence-electron chi connectivity index (χ4n) is 4.76. The van der Waals surface area contributed by atoms with Crippen molar-refractivity contribution in [2.75, 3.05) is 19.6 Å². The van der Waals surface area contributed by atoms with Gasteiger partial charge in [0.2, 0.25) is 15.9 Å². The maximum absolute atomic E-state index is 12.9. The minimum atomic E-state index is -3.62. The van der Waals surface area contributed by atoms with E-state index in [0.717, 1.165) is 57.0 Å². The Morgan fingerprint density at radius 1 is 1.00 bits per heavy atom. The van der Waals surface area contributed by atoms with Gasteiger partial charge in [-0.05, 0) is 56.6 Å². The molecular formula is C23H31N3O3S. The van der Waals surface area contributed by atoms with Crippen LogP contribution in [0.5, 0.6) is 0 Å². The van der Waals surface area contributed by atoms with Crippen LogP contribution in [-0.2, 0) is 14.8 Å². The molecule has 1 N–H and O–H groups in total. The van der Waals surface area contributed by atoms with Crippen molar-refractivity contribution in [1.29, 1.82) is 0 Å². The third kappa shape index (κ3) is 4.83. The normalized spacial score (nSPS) is 23.3. The van der Waals surface area contributed by atoms with E-state index in [9.17, 15) is 13.2 Å². The summed E-state index contributed by atoms with van der Waals surface area (Å²) in [7, 11) is -3.62. The second-order valence-corrected chi connectivity index (χ2v) is 10.4. The van der Waals surface area contributed by atoms with Crippen molar-refractivity contribution in [1.82, 2.24) is 14.6 Å². The number of pyridine rings is 1. The molecule has 1 aliphatic carbocycles. The van der Waals surface area contributed by atoms with Gasteiger partial charge in [0.25, 0.3) is 0 Å². The third-order valence-electron chi connectivity index (χ3n) is 6.56. The molecule has 1 amide bonds. The quantitative estimate of drug-likeness (QED) is 0.786. The molecule has 0 bridgehead atoms. The minimum absolute atomic E-state index is 0.109. The molecule has 2 heterocycles. The number of nitrogens with zero attached hydrogens (tertiary/aromatic N) is 2. The fraction of sp³-hybridized carbons (Fsp3) is 0.565. The van der Waals surface area contributed by atoms with E-state index in [0.29, 0.717) is 18.0 Å². The summed E-state index contributed by atoms with van der Waals surface area (Å²) in [6, 6.07) is 8.89. The molecule has 7 heteroatoms. The number of fused-ring (bicyclic) bond motifs is 1. The highest BCUT2D eigenvalue weighted by Gasteiger charge is 2.30. The van der Waals surface area contributed by atoms with E-state index in [1.54, 1.807) is 24.4 Å². The van der Waals surface area contributed by atoms with E-state index in [1.165, 1.54) is 12.8 Å². The Kier molecular flexibility index (Phi) is 6.68. The van der Waals surface area contributed by atoms with Gasteiger partial charge in [0, 0.05) is 37.1 Å². The Labute approximate surface area is 179 Å². The lowest BCUT2D eigenvalue weighted by molar-refractivity contribution is -0.136. The zero-order valence-corrected chi connectivity index (χ0v) is 18.2. The Hall–Kier alpha value is -1.99. The molecular weight excluding hydrogens is 398 g/mol. The number of benzene rings is 1. The van der Waals surface area contributed by atoms with E-state index < -0.39 is 10.0 Å². The molecule has 2 fully saturated rings. The molecule has 162 valence electrons. The van der Waals surface area contributed by atoms with E-state index in [4.69, 9.17) is 0 Å². The summed E-state index contributed by atoms with van der Waals surface area (Å²) in [4.78, 5) is 19.4. The van der Waals surface area contributed by atoms with Gasteiger partial charge >= 0.3 is 0 Å². The summed E-state index contributed by atoms with van der Waals surface area (Å²) in [6.07, 6.45) is 9.80. The lowest BCUT2D eigenvalue weighted by Gasteiger charge is -2.31. The van der Waals surface area contributed by atoms with Crippen molar-refractivity contribution in [2.45, 2.75) is 56.3 Å². The summed E-state index contributed by atoms with van der Waals surface area (Å²) in [5.41, 5.74) is 0.499. The number of hydrogen-bond acceptors (Lipinski definition) is 4. The van der Waals surface area contributed by atoms with Gasteiger partial charge in [-0.25, -0.2) is 13.1 Å². The highest BCUT2D eigenvalue weighted by atomic mass is 32.2. The number of likely N-dealkylation sites (tertiary alicyclic amines) is 1. The van der Waals surface area contributed by atoms with Crippen LogP contribution in [-0.4, -0.2) is 43.8 Å². The summed E-state index contributed by atoms with van der Waals surface area (Å²) in [6.45, 7) is 2.21. The summed E-state index contributed by atoms with van der Waals surface area (Å²) in [5.74, 6) is 0.701. The maximum atomic E-state index is 12.9. The number of sulfonamides is 1. The first-order chi connectivity index (χ1) is 14.5. The lowest BCUT2D eigenvalue weighted by atomic mass is 9.81. The Balaban J connectivity index is 1.32. The smallest absolute Gasteiger partial charge is 0.242 e. The first-order valence-corrected chi connectivity index (χ1v) is 12.6. The number of carbonyl (C=O) groups is 1. The molecule has 4 rings (SSSR count). The lowest BCUT2D eigenvalue weighted by Crippen LogP contribution is -2.39. The number of aromatic nitrogens is 1. The largest absolute Gasteiger partial charge is 0.342 e. The number of nitrogens with one attached hydrogen (secondary N) is 1. The average molecular weight is 430 g/mol. The van der Waals surface area contributed by atoms with Crippen molar-refractivity contribution in [3.8, 4) is 0 Å². The molecule has 0 spiro atoms. The van der Waals surface area contributed by atoms with E-state index in [1.807, 2.05) is 12.1 Å². The van der Waals surface area contributed by atoms with E-state index in [2.05, 4.69) is 14.6 Å². The standard InChI is InChI=1S/C23H31N3O3S/c27-23(26-15-3-1-2-4-16-26)20-12-10-18(11-13-20)17-25-30(28,29)21-9-5-7-19-8-6-14-24-22(19)21/h5-9,14,18,20,25H,1-4,10-13,15-17H2. The van der Waals surface area contributed by atoms with Gasteiger partial charge in [0.15, 0.2) is 0 Å². The number of para-hydroxylation sites is 1. The molecule has 1 aromatic heterocycles. The van der Waals surface area contributed by atoms with Gasteiger partial charge in [-0.15, -0.1) is 0 Å². The van der Waals surface area contributed by atoms with Crippen molar-refractivity contribution in [3.05, 3.63) is 36.5 Å². The predicted molar refractivity (Wildman–Crippen MR) is 117 cm³/mol. The summed E-state index contributed by atoms with van der Waals surface area (Å²) in [5, 5.41) is 0.813. The topological polar surface area (TPSA) is 79.4 Å². The number of rotatable bonds is 5. The second-order valence-electron chi connectivity index (χ2n) is 8.64. The van der Waals surface area contributed by atoms with Crippen LogP contribution in [0, 0.1) is 11.8 Å². The highest BCUT2D eigenvalue weighted by molar-refractivity contribution is 7.89. The molecule has 1 aliphatic heterocycles. The Morgan fingerprint density at radius 3 is 2.43 bits per heavy atom. The van der Waals surface area contributed by atoms with Crippen LogP contribution in [0.15, 0.2) is 41.4 Å². The number of amides is 1. The molecule has 6 nitrogen and oxygen atoms in total. The van der Waals surface area contributed by atoms with Gasteiger partial charge in [-0.1, -0.05) is 31.0 Å². The molecule has 1 aromatic carbocycles. The second kappa shape index (κ2) is 9.43. The average Bonchev–Trinajstić information content (AvgIpc) is 3.07. The van der Waals surface area contributed by atoms with Crippen LogP contribution in [0.3, 0.4) is 0 Å². The Morgan fingerprint density at radius 2 is 1.70 bits per heavy atom. The number of hydrogen-bond donors (Lipinski definition) is 1. The molecule has 2 aromatic rings. The zero-order chi connectivity index (χ0) is 21.0. The van der Waals surface area contributed by atoms with E-state index >= 15 is 0 Å². The minimum Gasteiger partial charge on any atom is -0.342 e. The summed E-state index contributed by atoms with van der Waals surface area (Å²) < 4.78 is 28.6. The monoisotopic (exact) mass is 429 g/mol. The van der Waals surface area contributed by atoms with Gasteiger partial charge in [-0.3, -0.25) is 9.78 Å². The molecule has 30 heavy (non-hydrogen) atoms. The van der Waals surface area contributed by atoms with Crippen molar-refractivity contribution >= 4 is 26.8 Å². The highest BCUT2D eigenvalue weighted by Crippen LogP contribution is 2.31. The van der Waals surface area contributed by atoms with Crippen molar-refractivity contribution in [3.63, 3.8) is 0 Å². The SMILES string of the molecule is O=C(C1CCC(CNS(=O)(=O)c2cccc3cccnc23)CC1)N1CCCCCC1.